The Balaban J connectivity index is 2.51. The van der Waals surface area contributed by atoms with Crippen LogP contribution < -0.4 is 10.6 Å². The molecule has 0 atom stereocenters. The molecule has 2 aromatic rings. The number of aromatic nitrogens is 2. The Morgan fingerprint density at radius 1 is 1.35 bits per heavy atom. The number of halogens is 1. The minimum absolute atomic E-state index is 0.164. The highest BCUT2D eigenvalue weighted by atomic mass is 35.5. The van der Waals surface area contributed by atoms with E-state index >= 15 is 0 Å². The van der Waals surface area contributed by atoms with Crippen molar-refractivity contribution in [2.75, 3.05) is 24.8 Å². The molecule has 0 fully saturated rings. The monoisotopic (exact) mass is 292 g/mol. The minimum atomic E-state index is -0.439. The summed E-state index contributed by atoms with van der Waals surface area (Å²) in [5.74, 6) is -0.0208. The third kappa shape index (κ3) is 2.50. The van der Waals surface area contributed by atoms with Crippen LogP contribution in [0.15, 0.2) is 30.6 Å². The topological polar surface area (TPSA) is 81.3 Å². The number of methoxy groups -OCH3 is 1. The molecular weight excluding hydrogens is 280 g/mol. The third-order valence-electron chi connectivity index (χ3n) is 2.80. The Morgan fingerprint density at radius 2 is 2.05 bits per heavy atom. The summed E-state index contributed by atoms with van der Waals surface area (Å²) < 4.78 is 4.76. The van der Waals surface area contributed by atoms with Crippen LogP contribution in [0.5, 0.6) is 0 Å². The second-order valence-corrected chi connectivity index (χ2v) is 4.33. The molecule has 0 saturated heterocycles. The number of nitrogens with zero attached hydrogens (tertiary/aromatic N) is 3. The molecule has 2 rings (SSSR count). The van der Waals surface area contributed by atoms with E-state index in [0.717, 1.165) is 0 Å². The van der Waals surface area contributed by atoms with Gasteiger partial charge in [0.1, 0.15) is 12.0 Å². The third-order valence-corrected chi connectivity index (χ3v) is 3.10. The molecule has 1 aromatic heterocycles. The molecule has 0 saturated carbocycles. The van der Waals surface area contributed by atoms with Gasteiger partial charge in [-0.15, -0.1) is 0 Å². The van der Waals surface area contributed by atoms with Gasteiger partial charge < -0.3 is 15.4 Å². The van der Waals surface area contributed by atoms with Crippen molar-refractivity contribution >= 4 is 34.8 Å². The summed E-state index contributed by atoms with van der Waals surface area (Å²) in [6.45, 7) is 0. The minimum Gasteiger partial charge on any atom is -0.465 e. The van der Waals surface area contributed by atoms with Crippen molar-refractivity contribution in [1.82, 2.24) is 9.97 Å². The molecule has 0 bridgehead atoms. The zero-order chi connectivity index (χ0) is 14.7. The standard InChI is InChI=1S/C13H13ClN4O2/c1-18(12-10(15)11(14)16-7-17-12)9-6-4-3-5-8(9)13(19)20-2/h3-7H,15H2,1-2H3. The van der Waals surface area contributed by atoms with Crippen LogP contribution in [0.1, 0.15) is 10.4 Å². The number of benzene rings is 1. The Labute approximate surface area is 121 Å². The number of hydrogen-bond acceptors (Lipinski definition) is 6. The van der Waals surface area contributed by atoms with Gasteiger partial charge in [0.2, 0.25) is 0 Å². The number of nitrogens with two attached hydrogens (primary N) is 1. The highest BCUT2D eigenvalue weighted by Gasteiger charge is 2.18. The van der Waals surface area contributed by atoms with Crippen molar-refractivity contribution in [3.8, 4) is 0 Å². The zero-order valence-corrected chi connectivity index (χ0v) is 11.8. The Morgan fingerprint density at radius 3 is 2.75 bits per heavy atom. The lowest BCUT2D eigenvalue weighted by atomic mass is 10.1. The van der Waals surface area contributed by atoms with Crippen LogP contribution in [0.4, 0.5) is 17.2 Å². The summed E-state index contributed by atoms with van der Waals surface area (Å²) in [6.07, 6.45) is 1.31. The number of para-hydroxylation sites is 1. The zero-order valence-electron chi connectivity index (χ0n) is 11.0. The maximum atomic E-state index is 11.8. The van der Waals surface area contributed by atoms with E-state index in [9.17, 15) is 4.79 Å². The number of carbonyl (C=O) groups is 1. The van der Waals surface area contributed by atoms with E-state index in [-0.39, 0.29) is 10.8 Å². The van der Waals surface area contributed by atoms with E-state index in [2.05, 4.69) is 9.97 Å². The van der Waals surface area contributed by atoms with Gasteiger partial charge in [-0.05, 0) is 12.1 Å². The lowest BCUT2D eigenvalue weighted by molar-refractivity contribution is 0.0601. The van der Waals surface area contributed by atoms with Crippen LogP contribution in [0.3, 0.4) is 0 Å². The van der Waals surface area contributed by atoms with Crippen LogP contribution in [-0.2, 0) is 4.74 Å². The molecule has 1 heterocycles. The van der Waals surface area contributed by atoms with E-state index in [1.54, 1.807) is 36.2 Å². The van der Waals surface area contributed by atoms with Gasteiger partial charge in [0.15, 0.2) is 11.0 Å². The summed E-state index contributed by atoms with van der Waals surface area (Å²) in [7, 11) is 3.06. The average Bonchev–Trinajstić information content (AvgIpc) is 2.48. The maximum absolute atomic E-state index is 11.8. The summed E-state index contributed by atoms with van der Waals surface area (Å²) >= 11 is 5.88. The quantitative estimate of drug-likeness (QED) is 0.690. The molecule has 104 valence electrons. The number of nitrogen functional groups attached to an aromatic ring is 1. The summed E-state index contributed by atoms with van der Waals surface area (Å²) in [4.78, 5) is 21.3. The average molecular weight is 293 g/mol. The van der Waals surface area contributed by atoms with Crippen molar-refractivity contribution in [2.45, 2.75) is 0 Å². The first-order valence-electron chi connectivity index (χ1n) is 5.73. The molecule has 0 unspecified atom stereocenters. The van der Waals surface area contributed by atoms with Crippen molar-refractivity contribution < 1.29 is 9.53 Å². The Hall–Kier alpha value is -2.34. The molecular formula is C13H13ClN4O2. The fraction of sp³-hybridized carbons (Fsp3) is 0.154. The molecule has 20 heavy (non-hydrogen) atoms. The van der Waals surface area contributed by atoms with Crippen LogP contribution >= 0.6 is 11.6 Å². The van der Waals surface area contributed by atoms with Gasteiger partial charge in [0, 0.05) is 7.05 Å². The molecule has 0 aliphatic rings. The molecule has 0 aliphatic heterocycles. The lowest BCUT2D eigenvalue weighted by Crippen LogP contribution is -2.17. The van der Waals surface area contributed by atoms with Gasteiger partial charge >= 0.3 is 5.97 Å². The predicted molar refractivity (Wildman–Crippen MR) is 77.3 cm³/mol. The smallest absolute Gasteiger partial charge is 0.339 e. The summed E-state index contributed by atoms with van der Waals surface area (Å²) in [6, 6.07) is 6.98. The van der Waals surface area contributed by atoms with Crippen LogP contribution in [-0.4, -0.2) is 30.1 Å². The fourth-order valence-electron chi connectivity index (χ4n) is 1.80. The molecule has 1 aromatic carbocycles. The van der Waals surface area contributed by atoms with E-state index in [1.165, 1.54) is 13.4 Å². The summed E-state index contributed by atoms with van der Waals surface area (Å²) in [5.41, 5.74) is 7.13. The Bertz CT molecular complexity index is 648. The highest BCUT2D eigenvalue weighted by molar-refractivity contribution is 6.32. The van der Waals surface area contributed by atoms with Gasteiger partial charge in [-0.2, -0.15) is 0 Å². The first kappa shape index (κ1) is 14.1. The van der Waals surface area contributed by atoms with E-state index in [1.807, 2.05) is 0 Å². The molecule has 6 nitrogen and oxygen atoms in total. The van der Waals surface area contributed by atoms with Gasteiger partial charge in [0.05, 0.1) is 18.4 Å². The number of hydrogen-bond donors (Lipinski definition) is 1. The van der Waals surface area contributed by atoms with Crippen molar-refractivity contribution in [3.63, 3.8) is 0 Å². The second kappa shape index (κ2) is 5.75. The van der Waals surface area contributed by atoms with Crippen LogP contribution in [0.25, 0.3) is 0 Å². The highest BCUT2D eigenvalue weighted by Crippen LogP contribution is 2.32. The second-order valence-electron chi connectivity index (χ2n) is 3.97. The maximum Gasteiger partial charge on any atom is 0.339 e. The number of carbonyl (C=O) groups excluding carboxylic acids is 1. The largest absolute Gasteiger partial charge is 0.465 e. The molecule has 0 radical (unpaired) electrons. The van der Waals surface area contributed by atoms with E-state index in [0.29, 0.717) is 17.1 Å². The SMILES string of the molecule is COC(=O)c1ccccc1N(C)c1ncnc(Cl)c1N. The number of rotatable bonds is 3. The normalized spacial score (nSPS) is 10.2. The van der Waals surface area contributed by atoms with E-state index in [4.69, 9.17) is 22.1 Å². The van der Waals surface area contributed by atoms with Gasteiger partial charge in [-0.3, -0.25) is 0 Å². The first-order chi connectivity index (χ1) is 9.56. The lowest BCUT2D eigenvalue weighted by Gasteiger charge is -2.21. The van der Waals surface area contributed by atoms with Crippen molar-refractivity contribution in [3.05, 3.63) is 41.3 Å². The number of ether oxygens (including phenoxy) is 1. The molecule has 0 aliphatic carbocycles. The van der Waals surface area contributed by atoms with Crippen molar-refractivity contribution in [1.29, 1.82) is 0 Å². The molecule has 0 amide bonds. The van der Waals surface area contributed by atoms with Gasteiger partial charge in [-0.25, -0.2) is 14.8 Å². The van der Waals surface area contributed by atoms with Crippen LogP contribution in [0.2, 0.25) is 5.15 Å². The molecule has 0 spiro atoms. The van der Waals surface area contributed by atoms with Gasteiger partial charge in [0.25, 0.3) is 0 Å². The summed E-state index contributed by atoms with van der Waals surface area (Å²) in [5, 5.41) is 0.164. The molecule has 7 heteroatoms. The molecule has 2 N–H and O–H groups in total. The first-order valence-corrected chi connectivity index (χ1v) is 6.11. The fourth-order valence-corrected chi connectivity index (χ4v) is 1.92. The van der Waals surface area contributed by atoms with Gasteiger partial charge in [-0.1, -0.05) is 23.7 Å². The van der Waals surface area contributed by atoms with E-state index < -0.39 is 5.97 Å². The number of esters is 1. The predicted octanol–water partition coefficient (Wildman–Crippen LogP) is 2.27. The number of anilines is 3. The van der Waals surface area contributed by atoms with Crippen LogP contribution in [0, 0.1) is 0 Å². The van der Waals surface area contributed by atoms with Crippen molar-refractivity contribution in [2.24, 2.45) is 0 Å². The Kier molecular flexibility index (Phi) is 4.05.